The number of benzene rings is 2. The van der Waals surface area contributed by atoms with Crippen LogP contribution < -0.4 is 10.1 Å². The van der Waals surface area contributed by atoms with E-state index in [2.05, 4.69) is 20.7 Å². The van der Waals surface area contributed by atoms with E-state index in [1.54, 1.807) is 0 Å². The Morgan fingerprint density at radius 3 is 2.08 bits per heavy atom. The highest BCUT2D eigenvalue weighted by atomic mass is 16.5. The van der Waals surface area contributed by atoms with E-state index in [9.17, 15) is 4.79 Å². The summed E-state index contributed by atoms with van der Waals surface area (Å²) in [4.78, 5) is 27.2. The van der Waals surface area contributed by atoms with E-state index < -0.39 is 0 Å². The lowest BCUT2D eigenvalue weighted by atomic mass is 10.1. The molecule has 1 heterocycles. The monoisotopic (exact) mass is 338 g/mol. The second kappa shape index (κ2) is 8.76. The Morgan fingerprint density at radius 1 is 1.04 bits per heavy atom. The zero-order chi connectivity index (χ0) is 18.1. The maximum Gasteiger partial charge on any atom is 0.373 e. The number of hydrogen-bond acceptors (Lipinski definition) is 6. The summed E-state index contributed by atoms with van der Waals surface area (Å²) in [5.74, 6) is 1.03. The van der Waals surface area contributed by atoms with Crippen molar-refractivity contribution in [3.63, 3.8) is 0 Å². The Morgan fingerprint density at radius 2 is 1.60 bits per heavy atom. The maximum absolute atomic E-state index is 11.0. The molecular formula is C17H14N4O4. The number of rotatable bonds is 4. The number of hydrogen-bond donors (Lipinski definition) is 2. The minimum absolute atomic E-state index is 0.0814. The van der Waals surface area contributed by atoms with Gasteiger partial charge in [0.2, 0.25) is 5.91 Å². The number of aromatic nitrogens is 3. The van der Waals surface area contributed by atoms with E-state index >= 15 is 0 Å². The molecule has 0 fully saturated rings. The average Bonchev–Trinajstić information content (AvgIpc) is 3.10. The van der Waals surface area contributed by atoms with Crippen LogP contribution in [0.3, 0.4) is 0 Å². The molecule has 8 nitrogen and oxygen atoms in total. The first-order valence-corrected chi connectivity index (χ1v) is 7.13. The van der Waals surface area contributed by atoms with Crippen molar-refractivity contribution in [2.75, 3.05) is 5.32 Å². The van der Waals surface area contributed by atoms with Crippen LogP contribution >= 0.6 is 0 Å². The number of carbonyl (C=O) groups excluding carboxylic acids is 3. The molecule has 0 unspecified atom stereocenters. The van der Waals surface area contributed by atoms with Crippen LogP contribution in [0.4, 0.5) is 5.69 Å². The fourth-order valence-electron chi connectivity index (χ4n) is 2.03. The fraction of sp³-hybridized carbons (Fsp3) is 0.0588. The van der Waals surface area contributed by atoms with Crippen molar-refractivity contribution in [3.8, 4) is 22.8 Å². The van der Waals surface area contributed by atoms with E-state index in [0.717, 1.165) is 16.8 Å². The molecule has 2 aromatic carbocycles. The number of amides is 1. The molecule has 1 amide bonds. The zero-order valence-corrected chi connectivity index (χ0v) is 13.2. The summed E-state index contributed by atoms with van der Waals surface area (Å²) >= 11 is 0. The zero-order valence-electron chi connectivity index (χ0n) is 13.2. The smallest absolute Gasteiger partial charge is 0.373 e. The molecule has 2 N–H and O–H groups in total. The first-order chi connectivity index (χ1) is 12.1. The van der Waals surface area contributed by atoms with Crippen LogP contribution in [0.2, 0.25) is 0 Å². The highest BCUT2D eigenvalue weighted by Gasteiger charge is 2.02. The lowest BCUT2D eigenvalue weighted by Gasteiger charge is -2.06. The van der Waals surface area contributed by atoms with Crippen LogP contribution in [0.5, 0.6) is 11.6 Å². The summed E-state index contributed by atoms with van der Waals surface area (Å²) in [6.45, 7) is 1.49. The molecule has 0 aliphatic heterocycles. The van der Waals surface area contributed by atoms with Gasteiger partial charge in [-0.2, -0.15) is 19.9 Å². The molecule has 126 valence electrons. The molecule has 1 aromatic heterocycles. The molecule has 8 heteroatoms. The van der Waals surface area contributed by atoms with Gasteiger partial charge in [0.25, 0.3) is 5.88 Å². The lowest BCUT2D eigenvalue weighted by molar-refractivity contribution is -0.191. The number of anilines is 1. The van der Waals surface area contributed by atoms with Crippen molar-refractivity contribution >= 4 is 17.7 Å². The Labute approximate surface area is 142 Å². The second-order valence-electron chi connectivity index (χ2n) is 4.78. The van der Waals surface area contributed by atoms with E-state index in [-0.39, 0.29) is 12.1 Å². The van der Waals surface area contributed by atoms with Gasteiger partial charge in [-0.15, -0.1) is 5.10 Å². The Kier molecular flexibility index (Phi) is 6.16. The third kappa shape index (κ3) is 5.42. The standard InChI is InChI=1S/C16H14N4O2.CO2/c1-11(21)18-14-6-2-12(3-7-14)13-4-8-15(9-5-13)22-16-10-17-20-19-16;2-1-3/h2-10H,1H3,(H,18,21)(H,17,19,20);. The van der Waals surface area contributed by atoms with Crippen LogP contribution in [0.25, 0.3) is 11.1 Å². The number of nitrogens with zero attached hydrogens (tertiary/aromatic N) is 2. The van der Waals surface area contributed by atoms with Crippen molar-refractivity contribution in [2.45, 2.75) is 6.92 Å². The summed E-state index contributed by atoms with van der Waals surface area (Å²) in [5, 5.41) is 12.7. The van der Waals surface area contributed by atoms with Crippen molar-refractivity contribution in [2.24, 2.45) is 0 Å². The van der Waals surface area contributed by atoms with Gasteiger partial charge in [0, 0.05) is 12.6 Å². The SMILES string of the molecule is CC(=O)Nc1ccc(-c2ccc(Oc3cn[nH]n3)cc2)cc1.O=C=O. The number of ether oxygens (including phenoxy) is 1. The number of H-pyrrole nitrogens is 1. The molecule has 3 aromatic rings. The van der Waals surface area contributed by atoms with E-state index in [4.69, 9.17) is 14.3 Å². The largest absolute Gasteiger partial charge is 0.436 e. The maximum atomic E-state index is 11.0. The molecule has 25 heavy (non-hydrogen) atoms. The van der Waals surface area contributed by atoms with Crippen molar-refractivity contribution in [1.82, 2.24) is 15.4 Å². The third-order valence-electron chi connectivity index (χ3n) is 3.01. The van der Waals surface area contributed by atoms with Gasteiger partial charge in [-0.05, 0) is 35.4 Å². The van der Waals surface area contributed by atoms with Gasteiger partial charge in [-0.25, -0.2) is 0 Å². The van der Waals surface area contributed by atoms with Crippen LogP contribution in [0, 0.1) is 0 Å². The van der Waals surface area contributed by atoms with Gasteiger partial charge < -0.3 is 10.1 Å². The van der Waals surface area contributed by atoms with Crippen LogP contribution in [-0.2, 0) is 14.4 Å². The third-order valence-corrected chi connectivity index (χ3v) is 3.01. The predicted molar refractivity (Wildman–Crippen MR) is 87.6 cm³/mol. The summed E-state index contributed by atoms with van der Waals surface area (Å²) in [6.07, 6.45) is 1.76. The van der Waals surface area contributed by atoms with E-state index in [1.807, 2.05) is 48.5 Å². The van der Waals surface area contributed by atoms with Crippen molar-refractivity contribution in [3.05, 3.63) is 54.7 Å². The molecular weight excluding hydrogens is 324 g/mol. The predicted octanol–water partition coefficient (Wildman–Crippen LogP) is 2.64. The number of aromatic amines is 1. The van der Waals surface area contributed by atoms with Gasteiger partial charge in [0.05, 0.1) is 0 Å². The summed E-state index contributed by atoms with van der Waals surface area (Å²) in [5.41, 5.74) is 2.89. The van der Waals surface area contributed by atoms with Crippen LogP contribution in [-0.4, -0.2) is 27.5 Å². The molecule has 0 atom stereocenters. The minimum Gasteiger partial charge on any atom is -0.436 e. The van der Waals surface area contributed by atoms with Crippen molar-refractivity contribution < 1.29 is 19.1 Å². The first-order valence-electron chi connectivity index (χ1n) is 7.13. The van der Waals surface area contributed by atoms with Gasteiger partial charge in [-0.3, -0.25) is 4.79 Å². The van der Waals surface area contributed by atoms with E-state index in [0.29, 0.717) is 11.6 Å². The Balaban J connectivity index is 0.000000701. The summed E-state index contributed by atoms with van der Waals surface area (Å²) in [6, 6.07) is 15.3. The minimum atomic E-state index is -0.0814. The lowest BCUT2D eigenvalue weighted by Crippen LogP contribution is -2.05. The van der Waals surface area contributed by atoms with Gasteiger partial charge in [-0.1, -0.05) is 24.3 Å². The molecule has 3 rings (SSSR count). The number of nitrogens with one attached hydrogen (secondary N) is 2. The molecule has 0 saturated heterocycles. The normalized spacial score (nSPS) is 9.32. The molecule has 0 aliphatic rings. The van der Waals surface area contributed by atoms with Crippen LogP contribution in [0.1, 0.15) is 6.92 Å². The first kappa shape index (κ1) is 17.6. The van der Waals surface area contributed by atoms with Crippen molar-refractivity contribution in [1.29, 1.82) is 0 Å². The number of carbonyl (C=O) groups is 1. The van der Waals surface area contributed by atoms with Gasteiger partial charge in [0.15, 0.2) is 0 Å². The van der Waals surface area contributed by atoms with Gasteiger partial charge >= 0.3 is 6.15 Å². The quantitative estimate of drug-likeness (QED) is 0.756. The highest BCUT2D eigenvalue weighted by molar-refractivity contribution is 5.89. The average molecular weight is 338 g/mol. The topological polar surface area (TPSA) is 114 Å². The second-order valence-corrected chi connectivity index (χ2v) is 4.78. The van der Waals surface area contributed by atoms with E-state index in [1.165, 1.54) is 13.1 Å². The van der Waals surface area contributed by atoms with Crippen LogP contribution in [0.15, 0.2) is 54.7 Å². The molecule has 0 spiro atoms. The highest BCUT2D eigenvalue weighted by Crippen LogP contribution is 2.25. The summed E-state index contributed by atoms with van der Waals surface area (Å²) in [7, 11) is 0. The molecule has 0 aliphatic carbocycles. The molecule has 0 bridgehead atoms. The summed E-state index contributed by atoms with van der Waals surface area (Å²) < 4.78 is 5.52. The fourth-order valence-corrected chi connectivity index (χ4v) is 2.03. The molecule has 0 radical (unpaired) electrons. The Hall–Kier alpha value is -3.77. The van der Waals surface area contributed by atoms with Gasteiger partial charge in [0.1, 0.15) is 11.9 Å². The molecule has 0 saturated carbocycles. The Bertz CT molecular complexity index is 837.